The molecule has 0 saturated heterocycles. The zero-order valence-corrected chi connectivity index (χ0v) is 8.91. The Kier molecular flexibility index (Phi) is 2.14. The van der Waals surface area contributed by atoms with E-state index in [0.29, 0.717) is 5.92 Å². The summed E-state index contributed by atoms with van der Waals surface area (Å²) >= 11 is 0. The van der Waals surface area contributed by atoms with Gasteiger partial charge in [0.05, 0.1) is 0 Å². The second-order valence-electron chi connectivity index (χ2n) is 4.38. The molecule has 14 heavy (non-hydrogen) atoms. The highest BCUT2D eigenvalue weighted by Crippen LogP contribution is 2.41. The molecule has 0 saturated carbocycles. The van der Waals surface area contributed by atoms with Gasteiger partial charge in [-0.3, -0.25) is 0 Å². The zero-order chi connectivity index (χ0) is 10.2. The number of benzene rings is 1. The molecular weight excluding hydrogens is 176 g/mol. The van der Waals surface area contributed by atoms with E-state index in [1.807, 2.05) is 31.2 Å². The third kappa shape index (κ3) is 1.69. The minimum absolute atomic E-state index is 0.474. The lowest BCUT2D eigenvalue weighted by atomic mass is 10.0. The van der Waals surface area contributed by atoms with Gasteiger partial charge in [0.1, 0.15) is 0 Å². The van der Waals surface area contributed by atoms with Gasteiger partial charge >= 0.3 is 0 Å². The molecule has 1 aliphatic heterocycles. The second-order valence-corrected chi connectivity index (χ2v) is 4.38. The minimum Gasteiger partial charge on any atom is -0.449 e. The van der Waals surface area contributed by atoms with Crippen LogP contribution in [-0.4, -0.2) is 5.79 Å². The molecule has 0 N–H and O–H groups in total. The van der Waals surface area contributed by atoms with E-state index in [0.717, 1.165) is 17.9 Å². The van der Waals surface area contributed by atoms with Crippen LogP contribution in [0.15, 0.2) is 24.3 Å². The van der Waals surface area contributed by atoms with Crippen molar-refractivity contribution in [3.8, 4) is 11.5 Å². The Balaban J connectivity index is 2.17. The Bertz CT molecular complexity index is 306. The third-order valence-corrected chi connectivity index (χ3v) is 2.28. The molecule has 0 unspecified atom stereocenters. The van der Waals surface area contributed by atoms with E-state index >= 15 is 0 Å². The summed E-state index contributed by atoms with van der Waals surface area (Å²) < 4.78 is 11.6. The van der Waals surface area contributed by atoms with Gasteiger partial charge in [-0.25, -0.2) is 0 Å². The molecule has 0 fully saturated rings. The van der Waals surface area contributed by atoms with E-state index in [1.165, 1.54) is 0 Å². The molecule has 0 aromatic heterocycles. The summed E-state index contributed by atoms with van der Waals surface area (Å²) in [4.78, 5) is 0. The van der Waals surface area contributed by atoms with Crippen molar-refractivity contribution >= 4 is 0 Å². The second kappa shape index (κ2) is 3.19. The van der Waals surface area contributed by atoms with Crippen LogP contribution in [-0.2, 0) is 0 Å². The summed E-state index contributed by atoms with van der Waals surface area (Å²) in [6, 6.07) is 7.81. The van der Waals surface area contributed by atoms with E-state index in [9.17, 15) is 0 Å². The molecule has 2 nitrogen and oxygen atoms in total. The first-order valence-corrected chi connectivity index (χ1v) is 5.06. The van der Waals surface area contributed by atoms with Crippen molar-refractivity contribution in [1.82, 2.24) is 0 Å². The van der Waals surface area contributed by atoms with E-state index in [2.05, 4.69) is 13.8 Å². The highest BCUT2D eigenvalue weighted by Gasteiger charge is 2.36. The Hall–Kier alpha value is -1.18. The van der Waals surface area contributed by atoms with Crippen molar-refractivity contribution in [1.29, 1.82) is 0 Å². The van der Waals surface area contributed by atoms with Crippen LogP contribution < -0.4 is 9.47 Å². The van der Waals surface area contributed by atoms with Crippen molar-refractivity contribution in [2.75, 3.05) is 0 Å². The van der Waals surface area contributed by atoms with Crippen LogP contribution in [0.2, 0.25) is 0 Å². The fraction of sp³-hybridized carbons (Fsp3) is 0.500. The lowest BCUT2D eigenvalue weighted by Crippen LogP contribution is -2.36. The van der Waals surface area contributed by atoms with E-state index in [1.54, 1.807) is 0 Å². The molecule has 0 spiro atoms. The first kappa shape index (κ1) is 9.38. The number of para-hydroxylation sites is 2. The summed E-state index contributed by atoms with van der Waals surface area (Å²) in [6.07, 6.45) is 0.904. The predicted octanol–water partition coefficient (Wildman–Crippen LogP) is 3.22. The minimum atomic E-state index is -0.474. The molecule has 1 heterocycles. The van der Waals surface area contributed by atoms with Crippen molar-refractivity contribution in [3.05, 3.63) is 24.3 Å². The Morgan fingerprint density at radius 2 is 1.64 bits per heavy atom. The maximum absolute atomic E-state index is 5.78. The van der Waals surface area contributed by atoms with Crippen LogP contribution in [0.3, 0.4) is 0 Å². The van der Waals surface area contributed by atoms with Crippen LogP contribution >= 0.6 is 0 Å². The molecule has 1 aliphatic rings. The highest BCUT2D eigenvalue weighted by atomic mass is 16.7. The monoisotopic (exact) mass is 192 g/mol. The molecular formula is C12H16O2. The molecule has 0 atom stereocenters. The Morgan fingerprint density at radius 3 is 2.07 bits per heavy atom. The van der Waals surface area contributed by atoms with Gasteiger partial charge in [-0.05, 0) is 18.1 Å². The van der Waals surface area contributed by atoms with E-state index in [4.69, 9.17) is 9.47 Å². The molecule has 76 valence electrons. The summed E-state index contributed by atoms with van der Waals surface area (Å²) in [7, 11) is 0. The first-order chi connectivity index (χ1) is 6.59. The van der Waals surface area contributed by atoms with Crippen LogP contribution in [0.5, 0.6) is 11.5 Å². The van der Waals surface area contributed by atoms with Crippen molar-refractivity contribution in [3.63, 3.8) is 0 Å². The SMILES string of the molecule is CC(C)CC1(C)Oc2ccccc2O1. The summed E-state index contributed by atoms with van der Waals surface area (Å²) in [6.45, 7) is 6.33. The number of fused-ring (bicyclic) bond motifs is 1. The van der Waals surface area contributed by atoms with Crippen molar-refractivity contribution in [2.24, 2.45) is 5.92 Å². The lowest BCUT2D eigenvalue weighted by molar-refractivity contribution is -0.0766. The Morgan fingerprint density at radius 1 is 1.14 bits per heavy atom. The quantitative estimate of drug-likeness (QED) is 0.716. The molecule has 0 amide bonds. The standard InChI is InChI=1S/C12H16O2/c1-9(2)8-12(3)13-10-6-4-5-7-11(10)14-12/h4-7,9H,8H2,1-3H3. The number of hydrogen-bond donors (Lipinski definition) is 0. The molecule has 2 heteroatoms. The third-order valence-electron chi connectivity index (χ3n) is 2.28. The number of hydrogen-bond acceptors (Lipinski definition) is 2. The van der Waals surface area contributed by atoms with Gasteiger partial charge < -0.3 is 9.47 Å². The maximum Gasteiger partial charge on any atom is 0.249 e. The molecule has 2 rings (SSSR count). The molecule has 0 radical (unpaired) electrons. The van der Waals surface area contributed by atoms with Crippen LogP contribution in [0.4, 0.5) is 0 Å². The fourth-order valence-corrected chi connectivity index (χ4v) is 1.93. The van der Waals surface area contributed by atoms with Gasteiger partial charge in [-0.1, -0.05) is 26.0 Å². The zero-order valence-electron chi connectivity index (χ0n) is 8.91. The van der Waals surface area contributed by atoms with Gasteiger partial charge in [0.25, 0.3) is 0 Å². The van der Waals surface area contributed by atoms with Crippen molar-refractivity contribution < 1.29 is 9.47 Å². The van der Waals surface area contributed by atoms with E-state index in [-0.39, 0.29) is 0 Å². The average molecular weight is 192 g/mol. The molecule has 0 aliphatic carbocycles. The maximum atomic E-state index is 5.78. The average Bonchev–Trinajstić information content (AvgIpc) is 2.38. The van der Waals surface area contributed by atoms with Crippen molar-refractivity contribution in [2.45, 2.75) is 33.0 Å². The molecule has 1 aromatic carbocycles. The lowest BCUT2D eigenvalue weighted by Gasteiger charge is -2.24. The van der Waals surface area contributed by atoms with Crippen LogP contribution in [0.25, 0.3) is 0 Å². The smallest absolute Gasteiger partial charge is 0.249 e. The van der Waals surface area contributed by atoms with Crippen LogP contribution in [0.1, 0.15) is 27.2 Å². The molecule has 0 bridgehead atoms. The van der Waals surface area contributed by atoms with Gasteiger partial charge in [0.15, 0.2) is 11.5 Å². The Labute approximate surface area is 84.8 Å². The fourth-order valence-electron chi connectivity index (χ4n) is 1.93. The topological polar surface area (TPSA) is 18.5 Å². The summed E-state index contributed by atoms with van der Waals surface area (Å²) in [5, 5.41) is 0. The van der Waals surface area contributed by atoms with Gasteiger partial charge in [-0.15, -0.1) is 0 Å². The normalized spacial score (nSPS) is 17.4. The predicted molar refractivity (Wildman–Crippen MR) is 55.6 cm³/mol. The van der Waals surface area contributed by atoms with Gasteiger partial charge in [0, 0.05) is 13.3 Å². The van der Waals surface area contributed by atoms with Crippen LogP contribution in [0, 0.1) is 5.92 Å². The summed E-state index contributed by atoms with van der Waals surface area (Å²) in [5.41, 5.74) is 0. The first-order valence-electron chi connectivity index (χ1n) is 5.06. The highest BCUT2D eigenvalue weighted by molar-refractivity contribution is 5.42. The van der Waals surface area contributed by atoms with Gasteiger partial charge in [0.2, 0.25) is 5.79 Å². The number of rotatable bonds is 2. The number of ether oxygens (including phenoxy) is 2. The molecule has 1 aromatic rings. The summed E-state index contributed by atoms with van der Waals surface area (Å²) in [5.74, 6) is 1.80. The van der Waals surface area contributed by atoms with Gasteiger partial charge in [-0.2, -0.15) is 0 Å². The largest absolute Gasteiger partial charge is 0.449 e. The van der Waals surface area contributed by atoms with E-state index < -0.39 is 5.79 Å².